The standard InChI is InChI=1S/C19H25NO2/c1-3-18(13-21)20-12-16-8-10-19(11-9-16)22-14-17-6-4-15(2)5-7-17/h4-11,18,20-21H,3,12-14H2,1-2H3/p+1/t18-/m1/s1. The number of aliphatic hydroxyl groups is 1. The Kier molecular flexibility index (Phi) is 6.44. The molecule has 118 valence electrons. The lowest BCUT2D eigenvalue weighted by Gasteiger charge is -2.11. The third-order valence-corrected chi connectivity index (χ3v) is 3.90. The molecule has 0 saturated heterocycles. The van der Waals surface area contributed by atoms with Gasteiger partial charge in [-0.3, -0.25) is 0 Å². The van der Waals surface area contributed by atoms with Crippen LogP contribution in [0.5, 0.6) is 5.75 Å². The molecule has 0 aliphatic rings. The highest BCUT2D eigenvalue weighted by Crippen LogP contribution is 2.14. The summed E-state index contributed by atoms with van der Waals surface area (Å²) in [4.78, 5) is 0. The Morgan fingerprint density at radius 3 is 2.23 bits per heavy atom. The Bertz CT molecular complexity index is 545. The lowest BCUT2D eigenvalue weighted by molar-refractivity contribution is -0.706. The number of rotatable bonds is 8. The van der Waals surface area contributed by atoms with Gasteiger partial charge in [-0.15, -0.1) is 0 Å². The van der Waals surface area contributed by atoms with Gasteiger partial charge >= 0.3 is 0 Å². The molecule has 0 bridgehead atoms. The van der Waals surface area contributed by atoms with E-state index < -0.39 is 0 Å². The Labute approximate surface area is 133 Å². The summed E-state index contributed by atoms with van der Waals surface area (Å²) in [5.41, 5.74) is 3.68. The van der Waals surface area contributed by atoms with Crippen LogP contribution in [-0.4, -0.2) is 17.8 Å². The zero-order valence-electron chi connectivity index (χ0n) is 13.5. The number of hydrogen-bond acceptors (Lipinski definition) is 2. The Morgan fingerprint density at radius 1 is 1.00 bits per heavy atom. The molecule has 0 amide bonds. The van der Waals surface area contributed by atoms with Gasteiger partial charge < -0.3 is 15.2 Å². The summed E-state index contributed by atoms with van der Waals surface area (Å²) in [6, 6.07) is 16.9. The van der Waals surface area contributed by atoms with Crippen LogP contribution in [0.3, 0.4) is 0 Å². The summed E-state index contributed by atoms with van der Waals surface area (Å²) in [5.74, 6) is 0.888. The lowest BCUT2D eigenvalue weighted by Crippen LogP contribution is -2.89. The van der Waals surface area contributed by atoms with Gasteiger partial charge in [0.1, 0.15) is 24.9 Å². The SMILES string of the molecule is CC[C@H](CO)[NH2+]Cc1ccc(OCc2ccc(C)cc2)cc1. The van der Waals surface area contributed by atoms with E-state index in [0.717, 1.165) is 18.7 Å². The lowest BCUT2D eigenvalue weighted by atomic mass is 10.1. The summed E-state index contributed by atoms with van der Waals surface area (Å²) in [5, 5.41) is 11.4. The van der Waals surface area contributed by atoms with Gasteiger partial charge in [-0.25, -0.2) is 0 Å². The largest absolute Gasteiger partial charge is 0.489 e. The number of aryl methyl sites for hydroxylation is 1. The Hall–Kier alpha value is -1.84. The summed E-state index contributed by atoms with van der Waals surface area (Å²) in [6.45, 7) is 5.89. The van der Waals surface area contributed by atoms with Crippen LogP contribution in [-0.2, 0) is 13.2 Å². The third-order valence-electron chi connectivity index (χ3n) is 3.90. The summed E-state index contributed by atoms with van der Waals surface area (Å²) in [6.07, 6.45) is 0.980. The van der Waals surface area contributed by atoms with Crippen molar-refractivity contribution in [3.05, 3.63) is 65.2 Å². The van der Waals surface area contributed by atoms with Crippen LogP contribution < -0.4 is 10.1 Å². The highest BCUT2D eigenvalue weighted by Gasteiger charge is 2.07. The van der Waals surface area contributed by atoms with Crippen LogP contribution in [0.1, 0.15) is 30.0 Å². The van der Waals surface area contributed by atoms with Gasteiger partial charge in [0.2, 0.25) is 0 Å². The van der Waals surface area contributed by atoms with E-state index >= 15 is 0 Å². The van der Waals surface area contributed by atoms with Gasteiger partial charge in [-0.05, 0) is 43.2 Å². The first kappa shape index (κ1) is 16.5. The normalized spacial score (nSPS) is 12.1. The molecule has 0 heterocycles. The van der Waals surface area contributed by atoms with Crippen molar-refractivity contribution in [1.82, 2.24) is 0 Å². The summed E-state index contributed by atoms with van der Waals surface area (Å²) < 4.78 is 5.80. The van der Waals surface area contributed by atoms with E-state index in [0.29, 0.717) is 6.61 Å². The predicted molar refractivity (Wildman–Crippen MR) is 88.7 cm³/mol. The number of benzene rings is 2. The minimum absolute atomic E-state index is 0.230. The molecule has 2 rings (SSSR count). The minimum atomic E-state index is 0.230. The van der Waals surface area contributed by atoms with Crippen molar-refractivity contribution < 1.29 is 15.2 Å². The monoisotopic (exact) mass is 300 g/mol. The molecule has 0 aliphatic heterocycles. The fourth-order valence-corrected chi connectivity index (χ4v) is 2.25. The smallest absolute Gasteiger partial charge is 0.119 e. The first-order valence-electron chi connectivity index (χ1n) is 7.92. The molecule has 2 aromatic rings. The van der Waals surface area contributed by atoms with E-state index in [2.05, 4.69) is 55.6 Å². The average Bonchev–Trinajstić information content (AvgIpc) is 2.56. The molecular weight excluding hydrogens is 274 g/mol. The molecule has 1 atom stereocenters. The van der Waals surface area contributed by atoms with Crippen molar-refractivity contribution in [2.45, 2.75) is 39.5 Å². The highest BCUT2D eigenvalue weighted by molar-refractivity contribution is 5.27. The second kappa shape index (κ2) is 8.57. The van der Waals surface area contributed by atoms with E-state index in [1.165, 1.54) is 16.7 Å². The van der Waals surface area contributed by atoms with Crippen molar-refractivity contribution in [3.8, 4) is 5.75 Å². The van der Waals surface area contributed by atoms with E-state index in [9.17, 15) is 5.11 Å². The summed E-state index contributed by atoms with van der Waals surface area (Å²) in [7, 11) is 0. The van der Waals surface area contributed by atoms with E-state index in [-0.39, 0.29) is 12.6 Å². The van der Waals surface area contributed by atoms with Crippen LogP contribution in [0.25, 0.3) is 0 Å². The first-order chi connectivity index (χ1) is 10.7. The molecule has 0 aromatic heterocycles. The quantitative estimate of drug-likeness (QED) is 0.786. The predicted octanol–water partition coefficient (Wildman–Crippen LogP) is 2.41. The van der Waals surface area contributed by atoms with Gasteiger partial charge in [0, 0.05) is 5.56 Å². The molecule has 2 aromatic carbocycles. The van der Waals surface area contributed by atoms with Crippen molar-refractivity contribution in [2.24, 2.45) is 0 Å². The fourth-order valence-electron chi connectivity index (χ4n) is 2.25. The highest BCUT2D eigenvalue weighted by atomic mass is 16.5. The molecule has 0 radical (unpaired) electrons. The van der Waals surface area contributed by atoms with Gasteiger partial charge in [0.15, 0.2) is 0 Å². The topological polar surface area (TPSA) is 46.1 Å². The maximum atomic E-state index is 9.19. The number of nitrogens with two attached hydrogens (primary N) is 1. The molecule has 0 unspecified atom stereocenters. The molecule has 0 fully saturated rings. The Balaban J connectivity index is 1.82. The fraction of sp³-hybridized carbons (Fsp3) is 0.368. The van der Waals surface area contributed by atoms with Crippen LogP contribution in [0.15, 0.2) is 48.5 Å². The van der Waals surface area contributed by atoms with Gasteiger partial charge in [0.05, 0.1) is 6.61 Å². The zero-order valence-corrected chi connectivity index (χ0v) is 13.5. The first-order valence-corrected chi connectivity index (χ1v) is 7.92. The molecule has 0 aliphatic carbocycles. The summed E-state index contributed by atoms with van der Waals surface area (Å²) >= 11 is 0. The van der Waals surface area contributed by atoms with Gasteiger partial charge in [0.25, 0.3) is 0 Å². The van der Waals surface area contributed by atoms with Gasteiger partial charge in [-0.1, -0.05) is 36.8 Å². The molecular formula is C19H26NO2+. The van der Waals surface area contributed by atoms with E-state index in [1.807, 2.05) is 12.1 Å². The van der Waals surface area contributed by atoms with Crippen molar-refractivity contribution in [2.75, 3.05) is 6.61 Å². The van der Waals surface area contributed by atoms with E-state index in [4.69, 9.17) is 4.74 Å². The van der Waals surface area contributed by atoms with E-state index in [1.54, 1.807) is 0 Å². The Morgan fingerprint density at radius 2 is 1.64 bits per heavy atom. The zero-order chi connectivity index (χ0) is 15.8. The average molecular weight is 300 g/mol. The second-order valence-electron chi connectivity index (χ2n) is 5.71. The molecule has 3 nitrogen and oxygen atoms in total. The maximum absolute atomic E-state index is 9.19. The second-order valence-corrected chi connectivity index (χ2v) is 5.71. The minimum Gasteiger partial charge on any atom is -0.489 e. The molecule has 3 N–H and O–H groups in total. The van der Waals surface area contributed by atoms with Crippen LogP contribution in [0.2, 0.25) is 0 Å². The number of quaternary nitrogens is 1. The van der Waals surface area contributed by atoms with Crippen molar-refractivity contribution in [1.29, 1.82) is 0 Å². The van der Waals surface area contributed by atoms with Crippen LogP contribution in [0, 0.1) is 6.92 Å². The number of ether oxygens (including phenoxy) is 1. The van der Waals surface area contributed by atoms with Crippen LogP contribution >= 0.6 is 0 Å². The van der Waals surface area contributed by atoms with Gasteiger partial charge in [-0.2, -0.15) is 0 Å². The number of aliphatic hydroxyl groups excluding tert-OH is 1. The number of hydrogen-bond donors (Lipinski definition) is 2. The third kappa shape index (κ3) is 5.17. The maximum Gasteiger partial charge on any atom is 0.119 e. The molecule has 0 saturated carbocycles. The van der Waals surface area contributed by atoms with Crippen molar-refractivity contribution in [3.63, 3.8) is 0 Å². The van der Waals surface area contributed by atoms with Crippen molar-refractivity contribution >= 4 is 0 Å². The molecule has 0 spiro atoms. The molecule has 3 heteroatoms. The molecule has 22 heavy (non-hydrogen) atoms. The van der Waals surface area contributed by atoms with Crippen LogP contribution in [0.4, 0.5) is 0 Å².